The summed E-state index contributed by atoms with van der Waals surface area (Å²) in [7, 11) is 0. The van der Waals surface area contributed by atoms with E-state index < -0.39 is 0 Å². The molecule has 6 rings (SSSR count). The maximum atomic E-state index is 4.58. The van der Waals surface area contributed by atoms with Gasteiger partial charge in [-0.2, -0.15) is 5.10 Å². The van der Waals surface area contributed by atoms with Crippen LogP contribution in [0.15, 0.2) is 67.4 Å². The highest BCUT2D eigenvalue weighted by Crippen LogP contribution is 2.29. The van der Waals surface area contributed by atoms with Crippen LogP contribution >= 0.6 is 12.4 Å². The van der Waals surface area contributed by atoms with Crippen LogP contribution in [0.2, 0.25) is 0 Å². The summed E-state index contributed by atoms with van der Waals surface area (Å²) in [6.45, 7) is 7.39. The standard InChI is InChI=1S/C27H28N8.ClH/c1-18-11-22(4-3-21(18)12-20-7-9-35-26(13-20)30-17-32-35)33-27-24-14-23(5-6-25(24)29-16-31-27)34-10-8-28-15-19(34)2;/h3-7,9,11,13-14,16-17,19,28H,8,10,12,15H2,1-2H3,(H,29,31,33);1H/t19-;/m0./s1. The lowest BCUT2D eigenvalue weighted by Crippen LogP contribution is -2.49. The van der Waals surface area contributed by atoms with Crippen molar-refractivity contribution >= 4 is 46.1 Å². The molecule has 1 aliphatic heterocycles. The van der Waals surface area contributed by atoms with Crippen molar-refractivity contribution in [1.29, 1.82) is 0 Å². The summed E-state index contributed by atoms with van der Waals surface area (Å²) in [5.74, 6) is 0.823. The van der Waals surface area contributed by atoms with E-state index in [4.69, 9.17) is 0 Å². The largest absolute Gasteiger partial charge is 0.366 e. The van der Waals surface area contributed by atoms with Crippen molar-refractivity contribution in [3.63, 3.8) is 0 Å². The Hall–Kier alpha value is -3.75. The lowest BCUT2D eigenvalue weighted by atomic mass is 10.0. The SMILES string of the molecule is Cc1cc(Nc2ncnc3ccc(N4CCNC[C@@H]4C)cc23)ccc1Cc1ccn2ncnc2c1.Cl. The maximum absolute atomic E-state index is 4.58. The van der Waals surface area contributed by atoms with Crippen LogP contribution in [-0.4, -0.2) is 50.2 Å². The number of rotatable bonds is 5. The van der Waals surface area contributed by atoms with Crippen LogP contribution in [-0.2, 0) is 6.42 Å². The summed E-state index contributed by atoms with van der Waals surface area (Å²) < 4.78 is 1.78. The third kappa shape index (κ3) is 4.69. The van der Waals surface area contributed by atoms with E-state index >= 15 is 0 Å². The van der Waals surface area contributed by atoms with Crippen molar-refractivity contribution in [2.75, 3.05) is 29.9 Å². The van der Waals surface area contributed by atoms with Gasteiger partial charge in [-0.15, -0.1) is 12.4 Å². The van der Waals surface area contributed by atoms with Crippen molar-refractivity contribution in [3.05, 3.63) is 84.1 Å². The van der Waals surface area contributed by atoms with Crippen LogP contribution in [0.1, 0.15) is 23.6 Å². The number of pyridine rings is 1. The molecule has 0 amide bonds. The number of anilines is 3. The molecule has 2 aromatic carbocycles. The molecule has 0 unspecified atom stereocenters. The van der Waals surface area contributed by atoms with Gasteiger partial charge in [0.15, 0.2) is 5.65 Å². The van der Waals surface area contributed by atoms with E-state index in [0.717, 1.165) is 54.1 Å². The van der Waals surface area contributed by atoms with E-state index in [2.05, 4.69) is 98.0 Å². The van der Waals surface area contributed by atoms with Crippen molar-refractivity contribution in [1.82, 2.24) is 29.9 Å². The van der Waals surface area contributed by atoms with Crippen molar-refractivity contribution in [2.24, 2.45) is 0 Å². The second-order valence-corrected chi connectivity index (χ2v) is 9.21. The number of aromatic nitrogens is 5. The molecule has 5 aromatic rings. The van der Waals surface area contributed by atoms with Crippen molar-refractivity contribution in [3.8, 4) is 0 Å². The molecule has 0 spiro atoms. The number of aryl methyl sites for hydroxylation is 1. The van der Waals surface area contributed by atoms with Gasteiger partial charge < -0.3 is 15.5 Å². The highest BCUT2D eigenvalue weighted by Gasteiger charge is 2.19. The highest BCUT2D eigenvalue weighted by molar-refractivity contribution is 5.93. The Balaban J connectivity index is 0.00000267. The van der Waals surface area contributed by atoms with E-state index in [-0.39, 0.29) is 12.4 Å². The number of nitrogens with one attached hydrogen (secondary N) is 2. The Morgan fingerprint density at radius 2 is 1.94 bits per heavy atom. The number of fused-ring (bicyclic) bond motifs is 2. The van der Waals surface area contributed by atoms with Gasteiger partial charge >= 0.3 is 0 Å². The van der Waals surface area contributed by atoms with E-state index in [0.29, 0.717) is 6.04 Å². The number of halogens is 1. The topological polar surface area (TPSA) is 83.3 Å². The van der Waals surface area contributed by atoms with Crippen LogP contribution in [0.25, 0.3) is 16.6 Å². The molecule has 4 heterocycles. The van der Waals surface area contributed by atoms with Crippen molar-refractivity contribution < 1.29 is 0 Å². The molecule has 1 fully saturated rings. The van der Waals surface area contributed by atoms with Gasteiger partial charge in [-0.25, -0.2) is 19.5 Å². The molecule has 1 saturated heterocycles. The Bertz CT molecular complexity index is 1510. The minimum absolute atomic E-state index is 0. The summed E-state index contributed by atoms with van der Waals surface area (Å²) in [5.41, 5.74) is 7.74. The zero-order valence-electron chi connectivity index (χ0n) is 20.3. The first-order chi connectivity index (χ1) is 17.1. The van der Waals surface area contributed by atoms with E-state index in [1.807, 2.05) is 6.20 Å². The second-order valence-electron chi connectivity index (χ2n) is 9.21. The van der Waals surface area contributed by atoms with Gasteiger partial charge in [0.25, 0.3) is 0 Å². The van der Waals surface area contributed by atoms with Crippen LogP contribution in [0.5, 0.6) is 0 Å². The van der Waals surface area contributed by atoms with Crippen LogP contribution in [0.3, 0.4) is 0 Å². The molecule has 1 atom stereocenters. The summed E-state index contributed by atoms with van der Waals surface area (Å²) in [6.07, 6.45) is 6.01. The Morgan fingerprint density at radius 1 is 1.03 bits per heavy atom. The lowest BCUT2D eigenvalue weighted by Gasteiger charge is -2.36. The molecule has 8 nitrogen and oxygen atoms in total. The number of piperazine rings is 1. The fourth-order valence-corrected chi connectivity index (χ4v) is 4.84. The Morgan fingerprint density at radius 3 is 2.81 bits per heavy atom. The molecule has 1 aliphatic rings. The smallest absolute Gasteiger partial charge is 0.155 e. The molecule has 2 N–H and O–H groups in total. The van der Waals surface area contributed by atoms with Gasteiger partial charge in [0, 0.05) is 48.6 Å². The average molecular weight is 501 g/mol. The first-order valence-electron chi connectivity index (χ1n) is 12.0. The first kappa shape index (κ1) is 24.0. The molecule has 0 aliphatic carbocycles. The third-order valence-electron chi connectivity index (χ3n) is 6.80. The predicted octanol–water partition coefficient (Wildman–Crippen LogP) is 4.54. The van der Waals surface area contributed by atoms with Crippen LogP contribution in [0, 0.1) is 6.92 Å². The fraction of sp³-hybridized carbons (Fsp3) is 0.259. The van der Waals surface area contributed by atoms with Crippen LogP contribution in [0.4, 0.5) is 17.2 Å². The number of nitrogens with zero attached hydrogens (tertiary/aromatic N) is 6. The van der Waals surface area contributed by atoms with Gasteiger partial charge in [0.2, 0.25) is 0 Å². The van der Waals surface area contributed by atoms with Gasteiger partial charge in [-0.05, 0) is 79.4 Å². The summed E-state index contributed by atoms with van der Waals surface area (Å²) in [4.78, 5) is 15.8. The molecular formula is C27H29ClN8. The second kappa shape index (κ2) is 10.1. The van der Waals surface area contributed by atoms with E-state index in [9.17, 15) is 0 Å². The summed E-state index contributed by atoms with van der Waals surface area (Å²) in [5, 5.41) is 12.2. The highest BCUT2D eigenvalue weighted by atomic mass is 35.5. The molecule has 9 heteroatoms. The molecule has 0 saturated carbocycles. The Kier molecular flexibility index (Phi) is 6.71. The molecule has 0 bridgehead atoms. The molecule has 3 aromatic heterocycles. The average Bonchev–Trinajstić information content (AvgIpc) is 3.34. The summed E-state index contributed by atoms with van der Waals surface area (Å²) in [6, 6.07) is 17.6. The fourth-order valence-electron chi connectivity index (χ4n) is 4.84. The van der Waals surface area contributed by atoms with E-state index in [1.165, 1.54) is 22.4 Å². The quantitative estimate of drug-likeness (QED) is 0.366. The maximum Gasteiger partial charge on any atom is 0.155 e. The monoisotopic (exact) mass is 500 g/mol. The zero-order valence-corrected chi connectivity index (χ0v) is 21.2. The normalized spacial score (nSPS) is 15.7. The van der Waals surface area contributed by atoms with Gasteiger partial charge in [-0.1, -0.05) is 6.07 Å². The zero-order chi connectivity index (χ0) is 23.8. The molecular weight excluding hydrogens is 472 g/mol. The number of hydrogen-bond acceptors (Lipinski definition) is 7. The summed E-state index contributed by atoms with van der Waals surface area (Å²) >= 11 is 0. The molecule has 0 radical (unpaired) electrons. The lowest BCUT2D eigenvalue weighted by molar-refractivity contribution is 0.501. The van der Waals surface area contributed by atoms with Gasteiger partial charge in [-0.3, -0.25) is 0 Å². The third-order valence-corrected chi connectivity index (χ3v) is 6.80. The Labute approximate surface area is 216 Å². The predicted molar refractivity (Wildman–Crippen MR) is 147 cm³/mol. The van der Waals surface area contributed by atoms with Crippen LogP contribution < -0.4 is 15.5 Å². The number of hydrogen-bond donors (Lipinski definition) is 2. The minimum Gasteiger partial charge on any atom is -0.366 e. The van der Waals surface area contributed by atoms with Gasteiger partial charge in [0.05, 0.1) is 5.52 Å². The molecule has 36 heavy (non-hydrogen) atoms. The minimum atomic E-state index is 0. The van der Waals surface area contributed by atoms with Gasteiger partial charge in [0.1, 0.15) is 18.5 Å². The van der Waals surface area contributed by atoms with Crippen molar-refractivity contribution in [2.45, 2.75) is 26.3 Å². The molecule has 184 valence electrons. The number of benzene rings is 2. The first-order valence-corrected chi connectivity index (χ1v) is 12.0. The van der Waals surface area contributed by atoms with E-state index in [1.54, 1.807) is 17.2 Å².